The first-order valence-corrected chi connectivity index (χ1v) is 7.55. The van der Waals surface area contributed by atoms with Crippen LogP contribution in [-0.2, 0) is 4.79 Å². The van der Waals surface area contributed by atoms with E-state index in [1.165, 1.54) is 11.3 Å². The van der Waals surface area contributed by atoms with Gasteiger partial charge < -0.3 is 5.32 Å². The molecule has 0 aliphatic rings. The van der Waals surface area contributed by atoms with Crippen molar-refractivity contribution in [1.29, 1.82) is 0 Å². The number of amides is 1. The second-order valence-electron chi connectivity index (χ2n) is 4.04. The largest absolute Gasteiger partial charge is 0.302 e. The number of aromatic nitrogens is 1. The number of carbonyl (C=O) groups excluding carboxylic acids is 1. The average molecular weight is 327 g/mol. The lowest BCUT2D eigenvalue weighted by atomic mass is 10.2. The van der Waals surface area contributed by atoms with Crippen molar-refractivity contribution in [2.45, 2.75) is 12.8 Å². The van der Waals surface area contributed by atoms with E-state index < -0.39 is 0 Å². The van der Waals surface area contributed by atoms with Gasteiger partial charge in [-0.1, -0.05) is 29.3 Å². The van der Waals surface area contributed by atoms with E-state index in [4.69, 9.17) is 23.2 Å². The zero-order valence-electron chi connectivity index (χ0n) is 10.5. The Morgan fingerprint density at radius 1 is 1.45 bits per heavy atom. The van der Waals surface area contributed by atoms with Crippen molar-refractivity contribution in [2.75, 3.05) is 5.32 Å². The predicted octanol–water partition coefficient (Wildman–Crippen LogP) is 5.02. The van der Waals surface area contributed by atoms with E-state index in [0.29, 0.717) is 28.0 Å². The zero-order valence-corrected chi connectivity index (χ0v) is 12.9. The summed E-state index contributed by atoms with van der Waals surface area (Å²) in [6.45, 7) is 3.58. The van der Waals surface area contributed by atoms with Crippen molar-refractivity contribution >= 4 is 45.6 Å². The van der Waals surface area contributed by atoms with Crippen molar-refractivity contribution < 1.29 is 4.79 Å². The number of halogens is 2. The van der Waals surface area contributed by atoms with Crippen molar-refractivity contribution in [3.8, 4) is 11.3 Å². The van der Waals surface area contributed by atoms with Gasteiger partial charge in [-0.25, -0.2) is 4.98 Å². The second kappa shape index (κ2) is 6.88. The van der Waals surface area contributed by atoms with Gasteiger partial charge in [0.1, 0.15) is 0 Å². The smallest absolute Gasteiger partial charge is 0.226 e. The summed E-state index contributed by atoms with van der Waals surface area (Å²) in [5, 5.41) is 6.26. The highest BCUT2D eigenvalue weighted by Crippen LogP contribution is 2.32. The zero-order chi connectivity index (χ0) is 14.5. The molecular weight excluding hydrogens is 315 g/mol. The summed E-state index contributed by atoms with van der Waals surface area (Å²) in [5.74, 6) is -0.0759. The Bertz CT molecular complexity index is 640. The third kappa shape index (κ3) is 3.82. The maximum absolute atomic E-state index is 11.6. The molecule has 104 valence electrons. The summed E-state index contributed by atoms with van der Waals surface area (Å²) < 4.78 is 0. The summed E-state index contributed by atoms with van der Waals surface area (Å²) >= 11 is 13.3. The van der Waals surface area contributed by atoms with Crippen LogP contribution in [0, 0.1) is 0 Å². The third-order valence-electron chi connectivity index (χ3n) is 2.53. The summed E-state index contributed by atoms with van der Waals surface area (Å²) in [5.41, 5.74) is 1.51. The first-order chi connectivity index (χ1) is 9.60. The molecule has 2 rings (SSSR count). The minimum atomic E-state index is -0.0759. The standard InChI is InChI=1S/C14H12Cl2N2OS/c1-2-3-4-13(19)18-14-17-12(8-20-14)10-6-5-9(15)7-11(10)16/h2,5-8H,1,3-4H2,(H,17,18,19). The Morgan fingerprint density at radius 2 is 2.25 bits per heavy atom. The predicted molar refractivity (Wildman–Crippen MR) is 85.6 cm³/mol. The van der Waals surface area contributed by atoms with Gasteiger partial charge in [0, 0.05) is 22.4 Å². The second-order valence-corrected chi connectivity index (χ2v) is 5.74. The number of benzene rings is 1. The maximum Gasteiger partial charge on any atom is 0.226 e. The van der Waals surface area contributed by atoms with Gasteiger partial charge in [-0.15, -0.1) is 17.9 Å². The Labute approximate surface area is 131 Å². The van der Waals surface area contributed by atoms with Crippen molar-refractivity contribution in [3.05, 3.63) is 46.3 Å². The van der Waals surface area contributed by atoms with Crippen LogP contribution in [0.3, 0.4) is 0 Å². The molecule has 0 atom stereocenters. The fourth-order valence-electron chi connectivity index (χ4n) is 1.57. The van der Waals surface area contributed by atoms with Crippen LogP contribution in [0.2, 0.25) is 10.0 Å². The average Bonchev–Trinajstić information content (AvgIpc) is 2.84. The molecule has 0 aliphatic carbocycles. The number of rotatable bonds is 5. The summed E-state index contributed by atoms with van der Waals surface area (Å²) in [6, 6.07) is 5.23. The maximum atomic E-state index is 11.6. The number of hydrogen-bond donors (Lipinski definition) is 1. The lowest BCUT2D eigenvalue weighted by molar-refractivity contribution is -0.116. The molecule has 1 aromatic heterocycles. The molecule has 0 saturated carbocycles. The van der Waals surface area contributed by atoms with E-state index in [1.807, 2.05) is 11.4 Å². The highest BCUT2D eigenvalue weighted by atomic mass is 35.5. The summed E-state index contributed by atoms with van der Waals surface area (Å²) in [7, 11) is 0. The normalized spacial score (nSPS) is 10.3. The number of allylic oxidation sites excluding steroid dienone is 1. The molecule has 1 amide bonds. The Balaban J connectivity index is 2.12. The van der Waals surface area contributed by atoms with E-state index in [2.05, 4.69) is 16.9 Å². The minimum absolute atomic E-state index is 0.0759. The molecule has 0 unspecified atom stereocenters. The molecule has 0 saturated heterocycles. The van der Waals surface area contributed by atoms with Gasteiger partial charge in [-0.2, -0.15) is 0 Å². The fraction of sp³-hybridized carbons (Fsp3) is 0.143. The topological polar surface area (TPSA) is 42.0 Å². The molecule has 0 aliphatic heterocycles. The number of anilines is 1. The number of nitrogens with zero attached hydrogens (tertiary/aromatic N) is 1. The monoisotopic (exact) mass is 326 g/mol. The number of thiazole rings is 1. The van der Waals surface area contributed by atoms with E-state index in [9.17, 15) is 4.79 Å². The van der Waals surface area contributed by atoms with E-state index >= 15 is 0 Å². The molecule has 0 radical (unpaired) electrons. The minimum Gasteiger partial charge on any atom is -0.302 e. The Kier molecular flexibility index (Phi) is 5.17. The van der Waals surface area contributed by atoms with E-state index in [0.717, 1.165) is 11.3 Å². The third-order valence-corrected chi connectivity index (χ3v) is 3.84. The molecule has 2 aromatic rings. The van der Waals surface area contributed by atoms with E-state index in [-0.39, 0.29) is 5.91 Å². The molecule has 0 fully saturated rings. The van der Waals surface area contributed by atoms with Gasteiger partial charge in [0.2, 0.25) is 5.91 Å². The lowest BCUT2D eigenvalue weighted by Crippen LogP contribution is -2.10. The van der Waals surface area contributed by atoms with Crippen LogP contribution in [0.25, 0.3) is 11.3 Å². The first kappa shape index (κ1) is 15.0. The van der Waals surface area contributed by atoms with Crippen molar-refractivity contribution in [3.63, 3.8) is 0 Å². The van der Waals surface area contributed by atoms with Gasteiger partial charge in [0.25, 0.3) is 0 Å². The molecule has 20 heavy (non-hydrogen) atoms. The summed E-state index contributed by atoms with van der Waals surface area (Å²) in [6.07, 6.45) is 2.76. The Morgan fingerprint density at radius 3 is 2.95 bits per heavy atom. The van der Waals surface area contributed by atoms with Crippen LogP contribution in [-0.4, -0.2) is 10.9 Å². The number of nitrogens with one attached hydrogen (secondary N) is 1. The quantitative estimate of drug-likeness (QED) is 0.783. The molecule has 6 heteroatoms. The van der Waals surface area contributed by atoms with Gasteiger partial charge in [0.15, 0.2) is 5.13 Å². The fourth-order valence-corrected chi connectivity index (χ4v) is 2.80. The highest BCUT2D eigenvalue weighted by Gasteiger charge is 2.10. The van der Waals surface area contributed by atoms with Gasteiger partial charge in [-0.3, -0.25) is 4.79 Å². The lowest BCUT2D eigenvalue weighted by Gasteiger charge is -2.01. The van der Waals surface area contributed by atoms with Crippen molar-refractivity contribution in [2.24, 2.45) is 0 Å². The molecule has 1 N–H and O–H groups in total. The number of carbonyl (C=O) groups is 1. The molecular formula is C14H12Cl2N2OS. The Hall–Kier alpha value is -1.36. The highest BCUT2D eigenvalue weighted by molar-refractivity contribution is 7.14. The van der Waals surface area contributed by atoms with Crippen LogP contribution in [0.1, 0.15) is 12.8 Å². The van der Waals surface area contributed by atoms with Gasteiger partial charge in [-0.05, 0) is 24.6 Å². The molecule has 1 heterocycles. The van der Waals surface area contributed by atoms with E-state index in [1.54, 1.807) is 18.2 Å². The van der Waals surface area contributed by atoms with Crippen LogP contribution in [0.4, 0.5) is 5.13 Å². The molecule has 0 spiro atoms. The molecule has 1 aromatic carbocycles. The van der Waals surface area contributed by atoms with Gasteiger partial charge >= 0.3 is 0 Å². The van der Waals surface area contributed by atoms with Gasteiger partial charge in [0.05, 0.1) is 10.7 Å². The van der Waals surface area contributed by atoms with Crippen LogP contribution >= 0.6 is 34.5 Å². The first-order valence-electron chi connectivity index (χ1n) is 5.92. The van der Waals surface area contributed by atoms with Crippen LogP contribution < -0.4 is 5.32 Å². The summed E-state index contributed by atoms with van der Waals surface area (Å²) in [4.78, 5) is 15.9. The molecule has 0 bridgehead atoms. The van der Waals surface area contributed by atoms with Crippen molar-refractivity contribution in [1.82, 2.24) is 4.98 Å². The van der Waals surface area contributed by atoms with Crippen LogP contribution in [0.5, 0.6) is 0 Å². The molecule has 3 nitrogen and oxygen atoms in total. The SMILES string of the molecule is C=CCCC(=O)Nc1nc(-c2ccc(Cl)cc2Cl)cs1. The number of hydrogen-bond acceptors (Lipinski definition) is 3. The van der Waals surface area contributed by atoms with Crippen LogP contribution in [0.15, 0.2) is 36.2 Å².